The number of aliphatic carboxylic acids is 1. The Balaban J connectivity index is 1.33. The first kappa shape index (κ1) is 28.1. The van der Waals surface area contributed by atoms with Gasteiger partial charge >= 0.3 is 5.13 Å². The van der Waals surface area contributed by atoms with E-state index in [0.29, 0.717) is 17.9 Å². The lowest BCUT2D eigenvalue weighted by Crippen LogP contribution is -2.71. The number of fused-ring (bicyclic) bond motifs is 2. The number of carbonyl (C=O) groups excluding carboxylic acids is 3. The molecular formula is C25H29N7O5S3. The maximum atomic E-state index is 13.2. The second-order valence-corrected chi connectivity index (χ2v) is 12.6. The van der Waals surface area contributed by atoms with E-state index < -0.39 is 29.2 Å². The SMILES string of the molecule is C=CCO/N=C(/C(=O)NC1C(=O)N2C(C(=O)[O-])=C(CN(C)c3sc4c([n+]3C)CCCC4)CS[C@H]12)c1csc(N)n1. The molecule has 2 aromatic rings. The summed E-state index contributed by atoms with van der Waals surface area (Å²) in [6.45, 7) is 3.94. The Morgan fingerprint density at radius 1 is 1.43 bits per heavy atom. The van der Waals surface area contributed by atoms with Crippen molar-refractivity contribution in [3.63, 3.8) is 0 Å². The maximum Gasteiger partial charge on any atom is 0.336 e. The van der Waals surface area contributed by atoms with Gasteiger partial charge in [-0.1, -0.05) is 29.1 Å². The van der Waals surface area contributed by atoms with E-state index in [-0.39, 0.29) is 28.8 Å². The van der Waals surface area contributed by atoms with E-state index in [1.54, 1.807) is 16.7 Å². The lowest BCUT2D eigenvalue weighted by atomic mass is 10.0. The second-order valence-electron chi connectivity index (χ2n) is 9.57. The van der Waals surface area contributed by atoms with Gasteiger partial charge in [0, 0.05) is 23.1 Å². The van der Waals surface area contributed by atoms with Gasteiger partial charge in [0.15, 0.2) is 10.8 Å². The number of carboxylic acid groups (broad SMARTS) is 1. The maximum absolute atomic E-state index is 13.2. The molecule has 2 aromatic heterocycles. The Hall–Kier alpha value is -3.43. The molecule has 1 unspecified atom stereocenters. The monoisotopic (exact) mass is 603 g/mol. The fraction of sp³-hybridized carbons (Fsp3) is 0.440. The van der Waals surface area contributed by atoms with Crippen molar-refractivity contribution in [3.8, 4) is 0 Å². The number of oxime groups is 1. The summed E-state index contributed by atoms with van der Waals surface area (Å²) in [6.07, 6.45) is 5.91. The first-order valence-electron chi connectivity index (χ1n) is 12.6. The van der Waals surface area contributed by atoms with Crippen molar-refractivity contribution in [1.29, 1.82) is 0 Å². The molecule has 3 N–H and O–H groups in total. The first-order chi connectivity index (χ1) is 19.2. The smallest absolute Gasteiger partial charge is 0.336 e. The van der Waals surface area contributed by atoms with Crippen molar-refractivity contribution in [3.05, 3.63) is 45.6 Å². The number of β-lactam (4-membered cyclic amide) rings is 1. The topological polar surface area (TPSA) is 157 Å². The third-order valence-electron chi connectivity index (χ3n) is 6.91. The molecule has 2 amide bonds. The molecule has 0 bridgehead atoms. The highest BCUT2D eigenvalue weighted by Gasteiger charge is 2.53. The number of nitrogens with two attached hydrogens (primary N) is 1. The molecule has 1 saturated heterocycles. The predicted molar refractivity (Wildman–Crippen MR) is 152 cm³/mol. The lowest BCUT2D eigenvalue weighted by Gasteiger charge is -2.50. The van der Waals surface area contributed by atoms with E-state index >= 15 is 0 Å². The van der Waals surface area contributed by atoms with Crippen LogP contribution >= 0.6 is 34.4 Å². The molecule has 212 valence electrons. The van der Waals surface area contributed by atoms with Crippen molar-refractivity contribution in [2.45, 2.75) is 37.1 Å². The number of rotatable bonds is 10. The molecule has 5 rings (SSSR count). The standard InChI is InChI=1S/C25H29N7O5S3/c1-4-9-37-29-17(14-12-39-24(26)27-14)20(33)28-18-21(34)32-19(23(35)36)13(11-38-22(18)32)10-30(2)25-31(3)15-7-5-6-8-16(15)40-25/h4,12,18,22H,1,5-11H2,2-3H3,(H3-,26,27,28,33,35,36)/b29-17+/t18?,22-/m1/s1. The highest BCUT2D eigenvalue weighted by atomic mass is 32.2. The minimum Gasteiger partial charge on any atom is -0.543 e. The van der Waals surface area contributed by atoms with Gasteiger partial charge in [-0.25, -0.2) is 9.55 Å². The Kier molecular flexibility index (Phi) is 8.14. The van der Waals surface area contributed by atoms with Gasteiger partial charge < -0.3 is 25.8 Å². The van der Waals surface area contributed by atoms with Crippen LogP contribution in [-0.2, 0) is 39.1 Å². The Morgan fingerprint density at radius 3 is 2.88 bits per heavy atom. The quantitative estimate of drug-likeness (QED) is 0.0948. The number of aryl methyl sites for hydroxylation is 1. The van der Waals surface area contributed by atoms with Crippen LogP contribution < -0.4 is 25.6 Å². The summed E-state index contributed by atoms with van der Waals surface area (Å²) in [6, 6.07) is -0.950. The van der Waals surface area contributed by atoms with Gasteiger partial charge in [0.25, 0.3) is 11.8 Å². The molecule has 12 nitrogen and oxygen atoms in total. The summed E-state index contributed by atoms with van der Waals surface area (Å²) in [4.78, 5) is 52.4. The summed E-state index contributed by atoms with van der Waals surface area (Å²) < 4.78 is 2.19. The van der Waals surface area contributed by atoms with Crippen molar-refractivity contribution in [1.82, 2.24) is 15.2 Å². The minimum absolute atomic E-state index is 0.0636. The third-order valence-corrected chi connectivity index (χ3v) is 10.4. The van der Waals surface area contributed by atoms with Crippen LogP contribution in [0, 0.1) is 0 Å². The van der Waals surface area contributed by atoms with Gasteiger partial charge in [0.2, 0.25) is 0 Å². The van der Waals surface area contributed by atoms with Crippen LogP contribution in [0.5, 0.6) is 0 Å². The zero-order valence-corrected chi connectivity index (χ0v) is 24.5. The average molecular weight is 604 g/mol. The molecule has 3 aliphatic rings. The summed E-state index contributed by atoms with van der Waals surface area (Å²) in [7, 11) is 3.97. The number of carbonyl (C=O) groups is 3. The lowest BCUT2D eigenvalue weighted by molar-refractivity contribution is -0.662. The van der Waals surface area contributed by atoms with E-state index in [1.807, 2.05) is 19.0 Å². The minimum atomic E-state index is -1.42. The molecule has 2 atom stereocenters. The number of thiazole rings is 2. The number of nitrogen functional groups attached to an aromatic ring is 1. The number of hydrogen-bond donors (Lipinski definition) is 2. The summed E-state index contributed by atoms with van der Waals surface area (Å²) in [5, 5.41) is 21.0. The van der Waals surface area contributed by atoms with E-state index in [0.717, 1.165) is 29.3 Å². The summed E-state index contributed by atoms with van der Waals surface area (Å²) in [5.74, 6) is -2.27. The van der Waals surface area contributed by atoms with E-state index in [4.69, 9.17) is 10.6 Å². The molecule has 0 radical (unpaired) electrons. The molecule has 40 heavy (non-hydrogen) atoms. The van der Waals surface area contributed by atoms with Crippen molar-refractivity contribution in [2.75, 3.05) is 36.6 Å². The van der Waals surface area contributed by atoms with Gasteiger partial charge in [-0.05, 0) is 19.3 Å². The number of hydrogen-bond acceptors (Lipinski definition) is 12. The van der Waals surface area contributed by atoms with Crippen molar-refractivity contribution >= 4 is 68.2 Å². The first-order valence-corrected chi connectivity index (χ1v) is 15.4. The largest absolute Gasteiger partial charge is 0.543 e. The van der Waals surface area contributed by atoms with E-state index in [1.165, 1.54) is 46.2 Å². The van der Waals surface area contributed by atoms with Crippen LogP contribution in [-0.4, -0.2) is 70.7 Å². The summed E-state index contributed by atoms with van der Waals surface area (Å²) in [5.41, 5.74) is 7.55. The number of amides is 2. The fourth-order valence-corrected chi connectivity index (χ4v) is 8.24. The molecule has 1 aliphatic carbocycles. The molecule has 15 heteroatoms. The molecule has 1 fully saturated rings. The van der Waals surface area contributed by atoms with E-state index in [2.05, 4.69) is 26.6 Å². The van der Waals surface area contributed by atoms with Gasteiger partial charge in [-0.2, -0.15) is 0 Å². The van der Waals surface area contributed by atoms with E-state index in [9.17, 15) is 19.5 Å². The Morgan fingerprint density at radius 2 is 2.20 bits per heavy atom. The molecular weight excluding hydrogens is 575 g/mol. The van der Waals surface area contributed by atoms with Crippen LogP contribution in [0.1, 0.15) is 29.1 Å². The fourth-order valence-electron chi connectivity index (χ4n) is 5.07. The number of nitrogens with one attached hydrogen (secondary N) is 1. The zero-order valence-electron chi connectivity index (χ0n) is 22.0. The number of nitrogens with zero attached hydrogens (tertiary/aromatic N) is 5. The van der Waals surface area contributed by atoms with Crippen molar-refractivity contribution in [2.24, 2.45) is 12.2 Å². The van der Waals surface area contributed by atoms with Crippen LogP contribution in [0.4, 0.5) is 10.3 Å². The molecule has 0 aromatic carbocycles. The Labute approximate surface area is 243 Å². The van der Waals surface area contributed by atoms with Crippen LogP contribution in [0.15, 0.2) is 34.5 Å². The normalized spacial score (nSPS) is 20.4. The van der Waals surface area contributed by atoms with Crippen LogP contribution in [0.2, 0.25) is 0 Å². The number of aromatic nitrogens is 2. The zero-order chi connectivity index (χ0) is 28.6. The highest BCUT2D eigenvalue weighted by molar-refractivity contribution is 8.00. The van der Waals surface area contributed by atoms with Gasteiger partial charge in [0.1, 0.15) is 36.0 Å². The van der Waals surface area contributed by atoms with Crippen LogP contribution in [0.25, 0.3) is 0 Å². The highest BCUT2D eigenvalue weighted by Crippen LogP contribution is 2.41. The number of thioether (sulfide) groups is 1. The Bertz CT molecular complexity index is 1430. The molecule has 0 saturated carbocycles. The third kappa shape index (κ3) is 5.20. The molecule has 4 heterocycles. The van der Waals surface area contributed by atoms with Gasteiger partial charge in [0.05, 0.1) is 30.6 Å². The molecule has 2 aliphatic heterocycles. The number of anilines is 2. The second kappa shape index (κ2) is 11.6. The average Bonchev–Trinajstić information content (AvgIpc) is 3.52. The molecule has 0 spiro atoms. The van der Waals surface area contributed by atoms with Crippen molar-refractivity contribution < 1.29 is 28.9 Å². The predicted octanol–water partition coefficient (Wildman–Crippen LogP) is -0.0629. The number of carboxylic acids is 1. The van der Waals surface area contributed by atoms with Crippen LogP contribution in [0.3, 0.4) is 0 Å². The van der Waals surface area contributed by atoms with Gasteiger partial charge in [-0.3, -0.25) is 19.4 Å². The number of likely N-dealkylation sites (N-methyl/N-ethyl adjacent to an activating group) is 1. The summed E-state index contributed by atoms with van der Waals surface area (Å²) >= 11 is 4.25. The van der Waals surface area contributed by atoms with Gasteiger partial charge in [-0.15, -0.1) is 23.1 Å².